The highest BCUT2D eigenvalue weighted by Gasteiger charge is 2.28. The molecule has 1 amide bonds. The molecule has 1 atom stereocenters. The van der Waals surface area contributed by atoms with Gasteiger partial charge in [-0.2, -0.15) is 0 Å². The highest BCUT2D eigenvalue weighted by molar-refractivity contribution is 5.92. The Hall–Kier alpha value is -2.73. The maximum atomic E-state index is 13.1. The van der Waals surface area contributed by atoms with E-state index in [2.05, 4.69) is 45.6 Å². The number of nitrogens with zero attached hydrogens (tertiary/aromatic N) is 5. The zero-order valence-corrected chi connectivity index (χ0v) is 16.9. The lowest BCUT2D eigenvalue weighted by Gasteiger charge is -2.34. The van der Waals surface area contributed by atoms with E-state index in [1.807, 2.05) is 17.0 Å². The lowest BCUT2D eigenvalue weighted by atomic mass is 10.0. The van der Waals surface area contributed by atoms with E-state index in [0.29, 0.717) is 5.92 Å². The highest BCUT2D eigenvalue weighted by atomic mass is 16.2. The van der Waals surface area contributed by atoms with Gasteiger partial charge >= 0.3 is 0 Å². The van der Waals surface area contributed by atoms with E-state index in [9.17, 15) is 4.79 Å². The van der Waals surface area contributed by atoms with Crippen LogP contribution in [0.15, 0.2) is 42.6 Å². The number of hydrogen-bond donors (Lipinski definition) is 0. The van der Waals surface area contributed by atoms with Crippen molar-refractivity contribution in [2.45, 2.75) is 38.8 Å². The fourth-order valence-electron chi connectivity index (χ4n) is 4.57. The van der Waals surface area contributed by atoms with E-state index in [-0.39, 0.29) is 5.91 Å². The maximum absolute atomic E-state index is 13.1. The van der Waals surface area contributed by atoms with Gasteiger partial charge in [0, 0.05) is 50.6 Å². The molecule has 0 spiro atoms. The third kappa shape index (κ3) is 3.53. The van der Waals surface area contributed by atoms with Crippen molar-refractivity contribution in [3.8, 4) is 0 Å². The summed E-state index contributed by atoms with van der Waals surface area (Å²) in [7, 11) is 0. The number of carbonyl (C=O) groups excluding carboxylic acids is 1. The first-order chi connectivity index (χ1) is 14.2. The summed E-state index contributed by atoms with van der Waals surface area (Å²) in [6.45, 7) is 7.19. The molecule has 4 heterocycles. The molecular formula is C23H27N5O. The number of pyridine rings is 1. The van der Waals surface area contributed by atoms with Gasteiger partial charge < -0.3 is 9.47 Å². The van der Waals surface area contributed by atoms with Crippen molar-refractivity contribution in [2.75, 3.05) is 26.2 Å². The van der Waals surface area contributed by atoms with Crippen molar-refractivity contribution in [3.05, 3.63) is 59.8 Å². The number of amides is 1. The summed E-state index contributed by atoms with van der Waals surface area (Å²) >= 11 is 0. The van der Waals surface area contributed by atoms with Gasteiger partial charge in [-0.3, -0.25) is 14.7 Å². The summed E-state index contributed by atoms with van der Waals surface area (Å²) in [5.41, 5.74) is 2.89. The zero-order valence-electron chi connectivity index (χ0n) is 16.9. The standard InChI is InChI=1S/C23H27N5O/c1-17-5-4-10-28-21(15-24-22(17)28)23(29)27-13-11-26(12-14-27)16-19-9-8-18-6-2-3-7-20(18)25-19/h2-3,6-9,15,17H,4-5,10-14,16H2,1H3. The van der Waals surface area contributed by atoms with Crippen LogP contribution >= 0.6 is 0 Å². The minimum Gasteiger partial charge on any atom is -0.335 e. The second kappa shape index (κ2) is 7.59. The van der Waals surface area contributed by atoms with Gasteiger partial charge in [0.2, 0.25) is 0 Å². The van der Waals surface area contributed by atoms with E-state index in [4.69, 9.17) is 4.98 Å². The summed E-state index contributed by atoms with van der Waals surface area (Å²) in [6, 6.07) is 12.5. The Labute approximate surface area is 171 Å². The zero-order chi connectivity index (χ0) is 19.8. The van der Waals surface area contributed by atoms with Crippen molar-refractivity contribution in [1.82, 2.24) is 24.3 Å². The molecule has 0 N–H and O–H groups in total. The van der Waals surface area contributed by atoms with Gasteiger partial charge in [0.25, 0.3) is 5.91 Å². The van der Waals surface area contributed by atoms with Crippen molar-refractivity contribution < 1.29 is 4.79 Å². The number of hydrogen-bond acceptors (Lipinski definition) is 4. The van der Waals surface area contributed by atoms with Crippen LogP contribution in [0.3, 0.4) is 0 Å². The molecule has 1 unspecified atom stereocenters. The third-order valence-electron chi connectivity index (χ3n) is 6.27. The van der Waals surface area contributed by atoms with Gasteiger partial charge in [0.15, 0.2) is 0 Å². The average Bonchev–Trinajstić information content (AvgIpc) is 3.19. The van der Waals surface area contributed by atoms with Crippen LogP contribution in [0.1, 0.15) is 47.7 Å². The summed E-state index contributed by atoms with van der Waals surface area (Å²) in [5.74, 6) is 1.64. The molecule has 3 aromatic rings. The van der Waals surface area contributed by atoms with Crippen molar-refractivity contribution in [3.63, 3.8) is 0 Å². The molecule has 6 heteroatoms. The van der Waals surface area contributed by atoms with Gasteiger partial charge in [0.05, 0.1) is 17.4 Å². The minimum atomic E-state index is 0.126. The van der Waals surface area contributed by atoms with Gasteiger partial charge in [-0.15, -0.1) is 0 Å². The first-order valence-corrected chi connectivity index (χ1v) is 10.6. The number of carbonyl (C=O) groups is 1. The molecule has 6 nitrogen and oxygen atoms in total. The Balaban J connectivity index is 1.23. The quantitative estimate of drug-likeness (QED) is 0.690. The fourth-order valence-corrected chi connectivity index (χ4v) is 4.57. The Morgan fingerprint density at radius 1 is 1.07 bits per heavy atom. The number of aromatic nitrogens is 3. The molecule has 0 saturated carbocycles. The van der Waals surface area contributed by atoms with Gasteiger partial charge in [0.1, 0.15) is 11.5 Å². The molecule has 1 fully saturated rings. The molecule has 29 heavy (non-hydrogen) atoms. The Morgan fingerprint density at radius 3 is 2.76 bits per heavy atom. The summed E-state index contributed by atoms with van der Waals surface area (Å²) < 4.78 is 2.14. The number of benzene rings is 1. The molecule has 2 aliphatic rings. The molecule has 1 saturated heterocycles. The predicted molar refractivity (Wildman–Crippen MR) is 113 cm³/mol. The van der Waals surface area contributed by atoms with E-state index < -0.39 is 0 Å². The monoisotopic (exact) mass is 389 g/mol. The number of para-hydroxylation sites is 1. The SMILES string of the molecule is CC1CCCn2c(C(=O)N3CCN(Cc4ccc5ccccc5n4)CC3)cnc21. The molecule has 0 radical (unpaired) electrons. The Morgan fingerprint density at radius 2 is 1.90 bits per heavy atom. The fraction of sp³-hybridized carbons (Fsp3) is 0.435. The highest BCUT2D eigenvalue weighted by Crippen LogP contribution is 2.27. The molecule has 2 aromatic heterocycles. The lowest BCUT2D eigenvalue weighted by Crippen LogP contribution is -2.48. The van der Waals surface area contributed by atoms with Crippen molar-refractivity contribution >= 4 is 16.8 Å². The maximum Gasteiger partial charge on any atom is 0.272 e. The van der Waals surface area contributed by atoms with Crippen LogP contribution < -0.4 is 0 Å². The topological polar surface area (TPSA) is 54.3 Å². The Kier molecular flexibility index (Phi) is 4.79. The molecular weight excluding hydrogens is 362 g/mol. The molecule has 150 valence electrons. The van der Waals surface area contributed by atoms with Gasteiger partial charge in [-0.1, -0.05) is 31.2 Å². The minimum absolute atomic E-state index is 0.126. The smallest absolute Gasteiger partial charge is 0.272 e. The van der Waals surface area contributed by atoms with Crippen LogP contribution in [-0.2, 0) is 13.1 Å². The van der Waals surface area contributed by atoms with Crippen LogP contribution in [0.2, 0.25) is 0 Å². The summed E-state index contributed by atoms with van der Waals surface area (Å²) in [5, 5.41) is 1.17. The lowest BCUT2D eigenvalue weighted by molar-refractivity contribution is 0.0615. The molecule has 5 rings (SSSR count). The largest absolute Gasteiger partial charge is 0.335 e. The number of rotatable bonds is 3. The number of imidazole rings is 1. The van der Waals surface area contributed by atoms with Crippen molar-refractivity contribution in [1.29, 1.82) is 0 Å². The average molecular weight is 390 g/mol. The van der Waals surface area contributed by atoms with E-state index in [1.54, 1.807) is 6.20 Å². The second-order valence-corrected chi connectivity index (χ2v) is 8.26. The normalized spacial score (nSPS) is 20.0. The van der Waals surface area contributed by atoms with Crippen LogP contribution in [0, 0.1) is 0 Å². The molecule has 1 aromatic carbocycles. The number of fused-ring (bicyclic) bond motifs is 2. The molecule has 0 bridgehead atoms. The van der Waals surface area contributed by atoms with E-state index in [1.165, 1.54) is 5.39 Å². The Bertz CT molecular complexity index is 1030. The van der Waals surface area contributed by atoms with E-state index in [0.717, 1.165) is 74.8 Å². The first kappa shape index (κ1) is 18.3. The predicted octanol–water partition coefficient (Wildman–Crippen LogP) is 3.29. The van der Waals surface area contributed by atoms with Crippen LogP contribution in [0.5, 0.6) is 0 Å². The van der Waals surface area contributed by atoms with Crippen molar-refractivity contribution in [2.24, 2.45) is 0 Å². The third-order valence-corrected chi connectivity index (χ3v) is 6.27. The number of piperazine rings is 1. The first-order valence-electron chi connectivity index (χ1n) is 10.6. The molecule has 2 aliphatic heterocycles. The van der Waals surface area contributed by atoms with Crippen LogP contribution in [-0.4, -0.2) is 56.4 Å². The van der Waals surface area contributed by atoms with Crippen LogP contribution in [0.25, 0.3) is 10.9 Å². The second-order valence-electron chi connectivity index (χ2n) is 8.26. The van der Waals surface area contributed by atoms with Gasteiger partial charge in [-0.05, 0) is 25.0 Å². The molecule has 0 aliphatic carbocycles. The van der Waals surface area contributed by atoms with Crippen LogP contribution in [0.4, 0.5) is 0 Å². The summed E-state index contributed by atoms with van der Waals surface area (Å²) in [6.07, 6.45) is 4.06. The van der Waals surface area contributed by atoms with E-state index >= 15 is 0 Å². The van der Waals surface area contributed by atoms with Gasteiger partial charge in [-0.25, -0.2) is 4.98 Å². The summed E-state index contributed by atoms with van der Waals surface area (Å²) in [4.78, 5) is 26.8.